The molecule has 4 rings (SSSR count). The Labute approximate surface area is 186 Å². The number of nitrogens with zero attached hydrogens (tertiary/aromatic N) is 3. The summed E-state index contributed by atoms with van der Waals surface area (Å²) in [5, 5.41) is 14.6. The van der Waals surface area contributed by atoms with Gasteiger partial charge in [-0.15, -0.1) is 0 Å². The molecular formula is C24H26N4O4. The molecule has 1 fully saturated rings. The molecule has 1 aliphatic heterocycles. The van der Waals surface area contributed by atoms with Crippen molar-refractivity contribution in [2.75, 3.05) is 23.3 Å². The van der Waals surface area contributed by atoms with Gasteiger partial charge in [0.2, 0.25) is 5.89 Å². The van der Waals surface area contributed by atoms with Crippen LogP contribution >= 0.6 is 0 Å². The van der Waals surface area contributed by atoms with E-state index in [4.69, 9.17) is 4.42 Å². The lowest BCUT2D eigenvalue weighted by Gasteiger charge is -2.32. The third kappa shape index (κ3) is 4.49. The number of hydrogen-bond acceptors (Lipinski definition) is 6. The largest absolute Gasteiger partial charge is 0.441 e. The predicted octanol–water partition coefficient (Wildman–Crippen LogP) is 5.36. The van der Waals surface area contributed by atoms with Crippen molar-refractivity contribution in [1.29, 1.82) is 0 Å². The van der Waals surface area contributed by atoms with E-state index in [1.165, 1.54) is 6.07 Å². The number of nitro groups is 1. The van der Waals surface area contributed by atoms with E-state index in [9.17, 15) is 14.9 Å². The molecule has 3 aromatic rings. The summed E-state index contributed by atoms with van der Waals surface area (Å²) in [6, 6.07) is 11.8. The molecule has 32 heavy (non-hydrogen) atoms. The van der Waals surface area contributed by atoms with Gasteiger partial charge >= 0.3 is 0 Å². The number of anilines is 2. The van der Waals surface area contributed by atoms with Gasteiger partial charge in [0.25, 0.3) is 11.6 Å². The van der Waals surface area contributed by atoms with Crippen LogP contribution in [0.5, 0.6) is 0 Å². The molecule has 0 spiro atoms. The zero-order valence-corrected chi connectivity index (χ0v) is 18.4. The summed E-state index contributed by atoms with van der Waals surface area (Å²) >= 11 is 0. The van der Waals surface area contributed by atoms with Gasteiger partial charge in [-0.1, -0.05) is 13.0 Å². The summed E-state index contributed by atoms with van der Waals surface area (Å²) < 4.78 is 5.66. The fourth-order valence-corrected chi connectivity index (χ4v) is 4.02. The molecule has 0 radical (unpaired) electrons. The number of amides is 1. The number of aromatic nitrogens is 1. The van der Waals surface area contributed by atoms with Crippen LogP contribution in [0.3, 0.4) is 0 Å². The average Bonchev–Trinajstić information content (AvgIpc) is 3.12. The fraction of sp³-hybridized carbons (Fsp3) is 0.333. The molecule has 0 bridgehead atoms. The summed E-state index contributed by atoms with van der Waals surface area (Å²) in [6.07, 6.45) is 2.12. The van der Waals surface area contributed by atoms with Crippen molar-refractivity contribution >= 4 is 23.0 Å². The fourth-order valence-electron chi connectivity index (χ4n) is 4.02. The lowest BCUT2D eigenvalue weighted by atomic mass is 9.99. The van der Waals surface area contributed by atoms with Crippen LogP contribution in [-0.2, 0) is 0 Å². The monoisotopic (exact) mass is 434 g/mol. The number of nitrogens with one attached hydrogen (secondary N) is 1. The summed E-state index contributed by atoms with van der Waals surface area (Å²) in [6.45, 7) is 7.42. The molecule has 0 unspecified atom stereocenters. The minimum absolute atomic E-state index is 0.0498. The molecule has 2 heterocycles. The van der Waals surface area contributed by atoms with Crippen LogP contribution in [0.15, 0.2) is 46.9 Å². The zero-order valence-electron chi connectivity index (χ0n) is 18.4. The number of aryl methyl sites for hydroxylation is 2. The quantitative estimate of drug-likeness (QED) is 0.429. The van der Waals surface area contributed by atoms with Crippen molar-refractivity contribution in [3.05, 3.63) is 69.6 Å². The van der Waals surface area contributed by atoms with E-state index >= 15 is 0 Å². The average molecular weight is 434 g/mol. The van der Waals surface area contributed by atoms with E-state index < -0.39 is 10.8 Å². The molecule has 1 aromatic heterocycles. The Balaban J connectivity index is 1.56. The second-order valence-electron chi connectivity index (χ2n) is 8.35. The van der Waals surface area contributed by atoms with Gasteiger partial charge in [-0.2, -0.15) is 0 Å². The van der Waals surface area contributed by atoms with Crippen LogP contribution in [-0.4, -0.2) is 28.9 Å². The second kappa shape index (κ2) is 8.82. The molecule has 8 nitrogen and oxygen atoms in total. The molecule has 1 atom stereocenters. The number of rotatable bonds is 5. The number of nitro benzene ring substituents is 1. The van der Waals surface area contributed by atoms with Gasteiger partial charge in [0.05, 0.1) is 10.6 Å². The highest BCUT2D eigenvalue weighted by Crippen LogP contribution is 2.33. The van der Waals surface area contributed by atoms with Crippen LogP contribution in [0, 0.1) is 29.9 Å². The number of oxazole rings is 1. The highest BCUT2D eigenvalue weighted by Gasteiger charge is 2.25. The minimum Gasteiger partial charge on any atom is -0.441 e. The molecule has 1 aliphatic rings. The van der Waals surface area contributed by atoms with Crippen molar-refractivity contribution in [2.24, 2.45) is 5.92 Å². The number of hydrogen-bond donors (Lipinski definition) is 1. The van der Waals surface area contributed by atoms with Gasteiger partial charge in [-0.25, -0.2) is 4.98 Å². The molecule has 0 aliphatic carbocycles. The summed E-state index contributed by atoms with van der Waals surface area (Å²) in [5.74, 6) is 1.29. The number of carbonyl (C=O) groups excluding carboxylic acids is 1. The lowest BCUT2D eigenvalue weighted by molar-refractivity contribution is -0.384. The van der Waals surface area contributed by atoms with E-state index in [1.54, 1.807) is 30.3 Å². The predicted molar refractivity (Wildman–Crippen MR) is 123 cm³/mol. The maximum atomic E-state index is 12.8. The SMILES string of the molecule is Cc1nc(-c2cccc(NC(=O)c3ccc(N4CCC[C@@H](C)C4)c([N+](=O)[O-])c3)c2)oc1C. The van der Waals surface area contributed by atoms with Gasteiger partial charge in [0.15, 0.2) is 0 Å². The van der Waals surface area contributed by atoms with Gasteiger partial charge in [-0.05, 0) is 62.9 Å². The third-order valence-electron chi connectivity index (χ3n) is 5.83. The Kier molecular flexibility index (Phi) is 5.94. The first-order chi connectivity index (χ1) is 15.3. The molecular weight excluding hydrogens is 408 g/mol. The second-order valence-corrected chi connectivity index (χ2v) is 8.35. The maximum absolute atomic E-state index is 12.8. The maximum Gasteiger partial charge on any atom is 0.293 e. The van der Waals surface area contributed by atoms with Crippen molar-refractivity contribution in [3.63, 3.8) is 0 Å². The van der Waals surface area contributed by atoms with Gasteiger partial charge in [-0.3, -0.25) is 14.9 Å². The van der Waals surface area contributed by atoms with Crippen molar-refractivity contribution in [2.45, 2.75) is 33.6 Å². The number of carbonyl (C=O) groups is 1. The smallest absolute Gasteiger partial charge is 0.293 e. The standard InChI is InChI=1S/C24H26N4O4/c1-15-6-5-11-27(14-15)21-10-9-18(13-22(21)28(30)31)23(29)26-20-8-4-7-19(12-20)24-25-16(2)17(3)32-24/h4,7-10,12-13,15H,5-6,11,14H2,1-3H3,(H,26,29)/t15-/m1/s1. The van der Waals surface area contributed by atoms with E-state index in [2.05, 4.69) is 17.2 Å². The Morgan fingerprint density at radius 3 is 2.75 bits per heavy atom. The summed E-state index contributed by atoms with van der Waals surface area (Å²) in [5.41, 5.74) is 2.85. The number of piperidine rings is 1. The Bertz CT molecular complexity index is 1150. The zero-order chi connectivity index (χ0) is 22.8. The highest BCUT2D eigenvalue weighted by atomic mass is 16.6. The van der Waals surface area contributed by atoms with E-state index in [1.807, 2.05) is 24.8 Å². The van der Waals surface area contributed by atoms with Crippen LogP contribution in [0.4, 0.5) is 17.1 Å². The normalized spacial score (nSPS) is 16.1. The molecule has 166 valence electrons. The van der Waals surface area contributed by atoms with Crippen LogP contribution in [0.1, 0.15) is 41.6 Å². The minimum atomic E-state index is -0.417. The Morgan fingerprint density at radius 2 is 2.06 bits per heavy atom. The number of benzene rings is 2. The molecule has 0 saturated carbocycles. The Hall–Kier alpha value is -3.68. The first kappa shape index (κ1) is 21.5. The highest BCUT2D eigenvalue weighted by molar-refractivity contribution is 6.05. The molecule has 2 aromatic carbocycles. The van der Waals surface area contributed by atoms with E-state index in [-0.39, 0.29) is 11.3 Å². The van der Waals surface area contributed by atoms with Crippen LogP contribution in [0.25, 0.3) is 11.5 Å². The van der Waals surface area contributed by atoms with Gasteiger partial charge in [0, 0.05) is 36.0 Å². The van der Waals surface area contributed by atoms with Crippen LogP contribution in [0.2, 0.25) is 0 Å². The molecule has 1 N–H and O–H groups in total. The summed E-state index contributed by atoms with van der Waals surface area (Å²) in [4.78, 5) is 30.6. The topological polar surface area (TPSA) is 102 Å². The Morgan fingerprint density at radius 1 is 1.25 bits per heavy atom. The third-order valence-corrected chi connectivity index (χ3v) is 5.83. The van der Waals surface area contributed by atoms with Gasteiger partial charge < -0.3 is 14.6 Å². The van der Waals surface area contributed by atoms with Crippen molar-refractivity contribution < 1.29 is 14.1 Å². The van der Waals surface area contributed by atoms with Gasteiger partial charge in [0.1, 0.15) is 11.4 Å². The van der Waals surface area contributed by atoms with E-state index in [0.717, 1.165) is 42.9 Å². The van der Waals surface area contributed by atoms with E-state index in [0.29, 0.717) is 23.2 Å². The molecule has 1 amide bonds. The molecule has 8 heteroatoms. The first-order valence-electron chi connectivity index (χ1n) is 10.7. The van der Waals surface area contributed by atoms with Crippen molar-refractivity contribution in [3.8, 4) is 11.5 Å². The van der Waals surface area contributed by atoms with Crippen molar-refractivity contribution in [1.82, 2.24) is 4.98 Å². The summed E-state index contributed by atoms with van der Waals surface area (Å²) in [7, 11) is 0. The first-order valence-corrected chi connectivity index (χ1v) is 10.7. The lowest BCUT2D eigenvalue weighted by Crippen LogP contribution is -2.34. The van der Waals surface area contributed by atoms with Crippen LogP contribution < -0.4 is 10.2 Å². The molecule has 1 saturated heterocycles.